The molecule has 2 amide bonds. The van der Waals surface area contributed by atoms with Crippen LogP contribution in [0, 0.1) is 0 Å². The number of carbonyl (C=O) groups is 4. The molecule has 19 heavy (non-hydrogen) atoms. The summed E-state index contributed by atoms with van der Waals surface area (Å²) in [6.07, 6.45) is -2.20. The zero-order chi connectivity index (χ0) is 15.0. The van der Waals surface area contributed by atoms with Crippen LogP contribution in [0.3, 0.4) is 0 Å². The van der Waals surface area contributed by atoms with Crippen molar-refractivity contribution in [3.8, 4) is 0 Å². The number of hydrogen-bond donors (Lipinski definition) is 1. The number of hydrogen-bond acceptors (Lipinski definition) is 8. The van der Waals surface area contributed by atoms with Crippen molar-refractivity contribution < 1.29 is 42.4 Å². The third kappa shape index (κ3) is 3.06. The summed E-state index contributed by atoms with van der Waals surface area (Å²) in [6, 6.07) is -2.18. The molecule has 0 bridgehead atoms. The van der Waals surface area contributed by atoms with Crippen LogP contribution >= 0.6 is 0 Å². The Morgan fingerprint density at radius 1 is 1.37 bits per heavy atom. The zero-order valence-corrected chi connectivity index (χ0v) is 9.95. The number of imide groups is 1. The van der Waals surface area contributed by atoms with Crippen molar-refractivity contribution in [3.05, 3.63) is 0 Å². The second-order valence-corrected chi connectivity index (χ2v) is 5.32. The number of likely N-dealkylation sites (tertiary alicyclic amines) is 1. The Balaban J connectivity index is 3.12. The second-order valence-electron chi connectivity index (χ2n) is 3.72. The first-order chi connectivity index (χ1) is 8.55. The first kappa shape index (κ1) is 15.0. The summed E-state index contributed by atoms with van der Waals surface area (Å²) >= 11 is 0. The Kier molecular flexibility index (Phi) is 3.91. The molecule has 1 aliphatic rings. The lowest BCUT2D eigenvalue weighted by molar-refractivity contribution is -0.319. The molecule has 1 saturated heterocycles. The molecule has 0 radical (unpaired) electrons. The molecule has 106 valence electrons. The molecule has 1 heterocycles. The molecule has 1 rings (SSSR count). The molecule has 0 saturated carbocycles. The van der Waals surface area contributed by atoms with E-state index in [1.807, 2.05) is 0 Å². The fourth-order valence-corrected chi connectivity index (χ4v) is 2.34. The number of aliphatic carboxylic acids is 2. The molecule has 0 aromatic carbocycles. The Morgan fingerprint density at radius 3 is 2.21 bits per heavy atom. The molecule has 1 fully saturated rings. The fourth-order valence-electron chi connectivity index (χ4n) is 1.62. The van der Waals surface area contributed by atoms with E-state index in [0.717, 1.165) is 0 Å². The summed E-state index contributed by atoms with van der Waals surface area (Å²) in [5.74, 6) is -6.67. The monoisotopic (exact) mass is 293 g/mol. The average molecular weight is 293 g/mol. The van der Waals surface area contributed by atoms with E-state index in [9.17, 15) is 37.8 Å². The molecular formula is C8H7NO9S-2. The Bertz CT molecular complexity index is 551. The highest BCUT2D eigenvalue weighted by Crippen LogP contribution is 2.22. The van der Waals surface area contributed by atoms with Gasteiger partial charge in [0.05, 0.1) is 18.4 Å². The predicted octanol–water partition coefficient (Wildman–Crippen LogP) is -4.74. The van der Waals surface area contributed by atoms with Gasteiger partial charge in [0, 0.05) is 12.4 Å². The van der Waals surface area contributed by atoms with Gasteiger partial charge < -0.3 is 19.8 Å². The molecule has 11 heteroatoms. The number of nitrogens with zero attached hydrogens (tertiary/aromatic N) is 1. The summed E-state index contributed by atoms with van der Waals surface area (Å²) < 4.78 is 30.3. The van der Waals surface area contributed by atoms with Crippen LogP contribution in [0.4, 0.5) is 0 Å². The SMILES string of the molecule is O=C([O-])CC(C(=O)[O-])N1C(=O)CC(S(=O)(=O)O)C1=O. The highest BCUT2D eigenvalue weighted by Gasteiger charge is 2.48. The molecular weight excluding hydrogens is 286 g/mol. The van der Waals surface area contributed by atoms with E-state index in [-0.39, 0.29) is 4.90 Å². The highest BCUT2D eigenvalue weighted by molar-refractivity contribution is 7.87. The number of carbonyl (C=O) groups excluding carboxylic acids is 4. The van der Waals surface area contributed by atoms with Gasteiger partial charge >= 0.3 is 0 Å². The van der Waals surface area contributed by atoms with E-state index in [1.54, 1.807) is 0 Å². The fraction of sp³-hybridized carbons (Fsp3) is 0.500. The third-order valence-corrected chi connectivity index (χ3v) is 3.53. The van der Waals surface area contributed by atoms with Crippen molar-refractivity contribution in [2.24, 2.45) is 0 Å². The van der Waals surface area contributed by atoms with Crippen molar-refractivity contribution in [1.29, 1.82) is 0 Å². The molecule has 2 unspecified atom stereocenters. The summed E-state index contributed by atoms with van der Waals surface area (Å²) in [4.78, 5) is 43.9. The van der Waals surface area contributed by atoms with Crippen LogP contribution < -0.4 is 10.2 Å². The summed E-state index contributed by atoms with van der Waals surface area (Å²) in [6.45, 7) is 0. The van der Waals surface area contributed by atoms with Gasteiger partial charge in [0.15, 0.2) is 5.25 Å². The molecule has 10 nitrogen and oxygen atoms in total. The molecule has 0 aliphatic carbocycles. The van der Waals surface area contributed by atoms with Crippen molar-refractivity contribution in [2.75, 3.05) is 0 Å². The average Bonchev–Trinajstić information content (AvgIpc) is 2.50. The lowest BCUT2D eigenvalue weighted by atomic mass is 10.2. The van der Waals surface area contributed by atoms with Crippen molar-refractivity contribution in [2.45, 2.75) is 24.1 Å². The van der Waals surface area contributed by atoms with Gasteiger partial charge in [-0.1, -0.05) is 0 Å². The van der Waals surface area contributed by atoms with E-state index >= 15 is 0 Å². The molecule has 0 spiro atoms. The molecule has 1 aliphatic heterocycles. The van der Waals surface area contributed by atoms with Crippen LogP contribution in [0.15, 0.2) is 0 Å². The molecule has 0 aromatic rings. The van der Waals surface area contributed by atoms with E-state index in [2.05, 4.69) is 0 Å². The topological polar surface area (TPSA) is 172 Å². The van der Waals surface area contributed by atoms with Crippen molar-refractivity contribution in [3.63, 3.8) is 0 Å². The largest absolute Gasteiger partial charge is 0.550 e. The number of carboxylic acid groups (broad SMARTS) is 2. The number of rotatable bonds is 5. The van der Waals surface area contributed by atoms with Crippen molar-refractivity contribution in [1.82, 2.24) is 4.90 Å². The third-order valence-electron chi connectivity index (χ3n) is 2.44. The lowest BCUT2D eigenvalue weighted by Crippen LogP contribution is -2.53. The molecule has 1 N–H and O–H groups in total. The minimum Gasteiger partial charge on any atom is -0.550 e. The minimum atomic E-state index is -4.89. The van der Waals surface area contributed by atoms with Crippen LogP contribution in [0.2, 0.25) is 0 Å². The maximum absolute atomic E-state index is 11.6. The van der Waals surface area contributed by atoms with Crippen LogP contribution in [0.5, 0.6) is 0 Å². The summed E-state index contributed by atoms with van der Waals surface area (Å²) in [7, 11) is -4.89. The molecule has 2 atom stereocenters. The summed E-state index contributed by atoms with van der Waals surface area (Å²) in [5, 5.41) is 18.9. The number of carboxylic acids is 2. The van der Waals surface area contributed by atoms with Crippen LogP contribution in [-0.2, 0) is 29.3 Å². The highest BCUT2D eigenvalue weighted by atomic mass is 32.2. The first-order valence-electron chi connectivity index (χ1n) is 4.78. The van der Waals surface area contributed by atoms with Gasteiger partial charge in [-0.3, -0.25) is 19.0 Å². The normalized spacial score (nSPS) is 21.5. The van der Waals surface area contributed by atoms with Crippen LogP contribution in [0.25, 0.3) is 0 Å². The van der Waals surface area contributed by atoms with E-state index in [4.69, 9.17) is 4.55 Å². The van der Waals surface area contributed by atoms with Crippen molar-refractivity contribution >= 4 is 33.9 Å². The van der Waals surface area contributed by atoms with Crippen LogP contribution in [-0.4, -0.2) is 52.9 Å². The predicted molar refractivity (Wildman–Crippen MR) is 50.2 cm³/mol. The van der Waals surface area contributed by atoms with Gasteiger partial charge in [-0.25, -0.2) is 0 Å². The Morgan fingerprint density at radius 2 is 1.89 bits per heavy atom. The van der Waals surface area contributed by atoms with E-state index in [1.165, 1.54) is 0 Å². The van der Waals surface area contributed by atoms with Gasteiger partial charge in [0.2, 0.25) is 5.91 Å². The van der Waals surface area contributed by atoms with E-state index in [0.29, 0.717) is 0 Å². The maximum Gasteiger partial charge on any atom is 0.277 e. The first-order valence-corrected chi connectivity index (χ1v) is 6.29. The Hall–Kier alpha value is -2.01. The second kappa shape index (κ2) is 4.93. The Labute approximate surface area is 106 Å². The smallest absolute Gasteiger partial charge is 0.277 e. The van der Waals surface area contributed by atoms with Gasteiger partial charge in [-0.15, -0.1) is 0 Å². The zero-order valence-electron chi connectivity index (χ0n) is 9.14. The maximum atomic E-state index is 11.6. The lowest BCUT2D eigenvalue weighted by Gasteiger charge is -2.27. The quantitative estimate of drug-likeness (QED) is 0.385. The van der Waals surface area contributed by atoms with Crippen LogP contribution in [0.1, 0.15) is 12.8 Å². The van der Waals surface area contributed by atoms with E-state index < -0.39 is 58.0 Å². The number of amides is 2. The standard InChI is InChI=1S/C8H9NO9S/c10-5-2-4(19(16,17)18)7(13)9(5)3(8(14)15)1-6(11)12/h3-4H,1-2H2,(H,11,12)(H,14,15)(H,16,17,18)/p-2. The minimum absolute atomic E-state index is 0.0520. The van der Waals surface area contributed by atoms with Gasteiger partial charge in [-0.05, 0) is 0 Å². The van der Waals surface area contributed by atoms with Gasteiger partial charge in [0.25, 0.3) is 16.0 Å². The summed E-state index contributed by atoms with van der Waals surface area (Å²) in [5.41, 5.74) is 0. The molecule has 0 aromatic heterocycles. The van der Waals surface area contributed by atoms with Gasteiger partial charge in [-0.2, -0.15) is 8.42 Å². The van der Waals surface area contributed by atoms with Gasteiger partial charge in [0.1, 0.15) is 0 Å².